The Hall–Kier alpha value is -5.07. The fourth-order valence-electron chi connectivity index (χ4n) is 6.74. The molecule has 2 bridgehead atoms. The van der Waals surface area contributed by atoms with Crippen LogP contribution in [0.4, 0.5) is 0 Å². The van der Waals surface area contributed by atoms with Gasteiger partial charge in [0.25, 0.3) is 0 Å². The summed E-state index contributed by atoms with van der Waals surface area (Å²) in [6.07, 6.45) is 3.47. The smallest absolute Gasteiger partial charge is 0.246 e. The predicted molar refractivity (Wildman–Crippen MR) is 221 cm³/mol. The van der Waals surface area contributed by atoms with Crippen LogP contribution in [-0.4, -0.2) is 109 Å². The second-order valence-corrected chi connectivity index (χ2v) is 18.2. The number of hydrogen-bond donors (Lipinski definition) is 9. The highest BCUT2D eigenvalue weighted by Crippen LogP contribution is 2.32. The number of aromatic amines is 1. The molecule has 0 radical (unpaired) electrons. The molecule has 58 heavy (non-hydrogen) atoms. The number of carbonyl (C=O) groups is 6. The first kappa shape index (κ1) is 44.0. The molecule has 18 heteroatoms. The Bertz CT molecular complexity index is 1910. The van der Waals surface area contributed by atoms with Gasteiger partial charge in [-0.2, -0.15) is 0 Å². The number of imidazole rings is 1. The maximum absolute atomic E-state index is 14.6. The second kappa shape index (κ2) is 20.1. The van der Waals surface area contributed by atoms with E-state index >= 15 is 0 Å². The van der Waals surface area contributed by atoms with Crippen molar-refractivity contribution in [3.63, 3.8) is 0 Å². The molecule has 16 nitrogen and oxygen atoms in total. The van der Waals surface area contributed by atoms with Gasteiger partial charge in [-0.05, 0) is 68.0 Å². The summed E-state index contributed by atoms with van der Waals surface area (Å²) in [7, 11) is 2.87. The number of aromatic hydroxyl groups is 2. The molecule has 3 unspecified atom stereocenters. The van der Waals surface area contributed by atoms with Gasteiger partial charge in [-0.1, -0.05) is 59.7 Å². The van der Waals surface area contributed by atoms with Crippen LogP contribution in [0.15, 0.2) is 61.1 Å². The largest absolute Gasteiger partial charge is 0.508 e. The Morgan fingerprint density at radius 3 is 2.07 bits per heavy atom. The molecule has 1 aromatic heterocycles. The van der Waals surface area contributed by atoms with Crippen LogP contribution < -0.4 is 31.9 Å². The lowest BCUT2D eigenvalue weighted by Crippen LogP contribution is -2.65. The number of fused-ring (bicyclic) bond motifs is 2. The van der Waals surface area contributed by atoms with E-state index in [9.17, 15) is 39.0 Å². The molecule has 5 rings (SSSR count). The third-order valence-electron chi connectivity index (χ3n) is 10.00. The van der Waals surface area contributed by atoms with Crippen LogP contribution in [0.1, 0.15) is 57.4 Å². The third kappa shape index (κ3) is 12.5. The van der Waals surface area contributed by atoms with E-state index in [4.69, 9.17) is 0 Å². The highest BCUT2D eigenvalue weighted by Gasteiger charge is 2.41. The summed E-state index contributed by atoms with van der Waals surface area (Å²) in [6.45, 7) is 7.22. The topological polar surface area (TPSA) is 244 Å². The number of ketones is 1. The first-order valence-corrected chi connectivity index (χ1v) is 21.6. The zero-order chi connectivity index (χ0) is 42.0. The highest BCUT2D eigenvalue weighted by atomic mass is 33.1. The number of H-pyrrole nitrogens is 1. The Morgan fingerprint density at radius 1 is 0.828 bits per heavy atom. The maximum atomic E-state index is 14.6. The normalized spacial score (nSPS) is 26.7. The summed E-state index contributed by atoms with van der Waals surface area (Å²) in [5.74, 6) is -3.14. The van der Waals surface area contributed by atoms with Crippen molar-refractivity contribution in [1.82, 2.24) is 41.9 Å². The Kier molecular flexibility index (Phi) is 15.2. The van der Waals surface area contributed by atoms with Gasteiger partial charge in [-0.15, -0.1) is 0 Å². The maximum Gasteiger partial charge on any atom is 0.246 e. The summed E-state index contributed by atoms with van der Waals surface area (Å²) in [5, 5.41) is 37.3. The number of carbonyl (C=O) groups excluding carboxylic acids is 6. The number of nitrogens with zero attached hydrogens (tertiary/aromatic N) is 1. The van der Waals surface area contributed by atoms with Crippen LogP contribution in [0, 0.1) is 5.92 Å². The standard InChI is InChI=1S/C40H52N8O8S2/c1-22(2)13-31-38(55)48-40(4,17-25-7-11-28(51)12-8-25)39(56)47-33(15-26-18-41-21-43-26)37(54)45-32(14-24-5-9-27(50)10-6-24)36(53)46-34(23(3)49)20-57-58-29-16-30(42-19-29)35(52)44-31/h5-12,18,21-22,29-34,42,50-51H,13-17,19-20H2,1-4H3,(H,41,43)(H,44,52)(H,45,54)(H,46,53)(H,47,56)(H,48,55)/t29?,30?,31?,32-,33-,34-,40-/m0/s1. The summed E-state index contributed by atoms with van der Waals surface area (Å²) < 4.78 is 0. The number of benzene rings is 2. The average molecular weight is 837 g/mol. The highest BCUT2D eigenvalue weighted by molar-refractivity contribution is 8.77. The molecule has 0 saturated carbocycles. The SMILES string of the molecule is CC(=O)[C@@H]1CSSC2CNC(C2)C(=O)NC(CC(C)C)C(=O)N[C@@](C)(Cc2ccc(O)cc2)C(=O)N[C@@H](Cc2cnc[nH]2)C(=O)N[C@@H](Cc2ccc(O)cc2)C(=O)N1. The lowest BCUT2D eigenvalue weighted by Gasteiger charge is -2.34. The minimum atomic E-state index is -1.71. The zero-order valence-electron chi connectivity index (χ0n) is 32.9. The van der Waals surface area contributed by atoms with Crippen molar-refractivity contribution in [3.05, 3.63) is 77.9 Å². The molecule has 2 aliphatic heterocycles. The van der Waals surface area contributed by atoms with Crippen molar-refractivity contribution < 1.29 is 39.0 Å². The van der Waals surface area contributed by atoms with Gasteiger partial charge in [0.15, 0.2) is 5.78 Å². The molecule has 2 fully saturated rings. The first-order valence-electron chi connectivity index (χ1n) is 19.2. The van der Waals surface area contributed by atoms with E-state index in [1.165, 1.54) is 72.2 Å². The van der Waals surface area contributed by atoms with E-state index < -0.39 is 59.4 Å². The first-order chi connectivity index (χ1) is 27.6. The van der Waals surface area contributed by atoms with Crippen LogP contribution in [0.5, 0.6) is 11.5 Å². The minimum absolute atomic E-state index is 0.00517. The van der Waals surface area contributed by atoms with Gasteiger partial charge in [-0.3, -0.25) is 28.8 Å². The number of Topliss-reactive ketones (excluding diaryl/α,β-unsaturated/α-hetero) is 1. The van der Waals surface area contributed by atoms with Gasteiger partial charge in [0.05, 0.1) is 18.4 Å². The van der Waals surface area contributed by atoms with Gasteiger partial charge in [0.1, 0.15) is 35.2 Å². The van der Waals surface area contributed by atoms with E-state index in [0.717, 1.165) is 0 Å². The number of nitrogens with one attached hydrogen (secondary N) is 7. The average Bonchev–Trinajstić information content (AvgIpc) is 3.87. The van der Waals surface area contributed by atoms with Crippen LogP contribution in [0.3, 0.4) is 0 Å². The van der Waals surface area contributed by atoms with Crippen molar-refractivity contribution in [1.29, 1.82) is 0 Å². The number of phenols is 2. The number of hydrogen-bond acceptors (Lipinski definition) is 12. The lowest BCUT2D eigenvalue weighted by atomic mass is 9.90. The fraction of sp³-hybridized carbons (Fsp3) is 0.475. The van der Waals surface area contributed by atoms with Gasteiger partial charge in [0, 0.05) is 48.7 Å². The molecule has 2 aliphatic rings. The summed E-state index contributed by atoms with van der Waals surface area (Å²) in [5.41, 5.74) is -0.0265. The molecule has 2 aromatic carbocycles. The predicted octanol–water partition coefficient (Wildman–Crippen LogP) is 1.42. The fourth-order valence-corrected chi connectivity index (χ4v) is 9.56. The van der Waals surface area contributed by atoms with Crippen molar-refractivity contribution in [2.45, 2.75) is 101 Å². The van der Waals surface area contributed by atoms with Crippen molar-refractivity contribution in [2.75, 3.05) is 12.3 Å². The Balaban J connectivity index is 1.54. The summed E-state index contributed by atoms with van der Waals surface area (Å²) in [4.78, 5) is 90.7. The molecule has 9 N–H and O–H groups in total. The van der Waals surface area contributed by atoms with E-state index in [1.54, 1.807) is 24.3 Å². The Morgan fingerprint density at radius 2 is 1.45 bits per heavy atom. The molecule has 3 heterocycles. The Labute approximate surface area is 345 Å². The summed E-state index contributed by atoms with van der Waals surface area (Å²) in [6, 6.07) is 7.24. The quantitative estimate of drug-likeness (QED) is 0.139. The van der Waals surface area contributed by atoms with Gasteiger partial charge in [-0.25, -0.2) is 4.98 Å². The number of amides is 5. The molecule has 2 saturated heterocycles. The molecular weight excluding hydrogens is 785 g/mol. The number of rotatable bonds is 9. The van der Waals surface area contributed by atoms with E-state index in [0.29, 0.717) is 29.8 Å². The van der Waals surface area contributed by atoms with E-state index in [1.807, 2.05) is 13.8 Å². The van der Waals surface area contributed by atoms with Crippen LogP contribution in [0.2, 0.25) is 0 Å². The van der Waals surface area contributed by atoms with Crippen molar-refractivity contribution >= 4 is 56.9 Å². The zero-order valence-corrected chi connectivity index (χ0v) is 34.5. The van der Waals surface area contributed by atoms with Crippen molar-refractivity contribution in [2.24, 2.45) is 5.92 Å². The van der Waals surface area contributed by atoms with Crippen LogP contribution in [-0.2, 0) is 48.0 Å². The summed E-state index contributed by atoms with van der Waals surface area (Å²) >= 11 is 0. The van der Waals surface area contributed by atoms with Gasteiger partial charge in [0.2, 0.25) is 29.5 Å². The lowest BCUT2D eigenvalue weighted by molar-refractivity contribution is -0.137. The molecule has 7 atom stereocenters. The molecule has 5 amide bonds. The third-order valence-corrected chi connectivity index (χ3v) is 12.9. The molecule has 312 valence electrons. The molecule has 0 spiro atoms. The van der Waals surface area contributed by atoms with E-state index in [2.05, 4.69) is 41.9 Å². The molecule has 0 aliphatic carbocycles. The second-order valence-electron chi connectivity index (χ2n) is 15.5. The number of phenolic OH excluding ortho intramolecular Hbond substituents is 2. The van der Waals surface area contributed by atoms with Crippen molar-refractivity contribution in [3.8, 4) is 11.5 Å². The molecular formula is C40H52N8O8S2. The monoisotopic (exact) mass is 836 g/mol. The van der Waals surface area contributed by atoms with Crippen LogP contribution in [0.25, 0.3) is 0 Å². The van der Waals surface area contributed by atoms with Gasteiger partial charge < -0.3 is 47.1 Å². The van der Waals surface area contributed by atoms with Gasteiger partial charge >= 0.3 is 0 Å². The minimum Gasteiger partial charge on any atom is -0.508 e. The van der Waals surface area contributed by atoms with Crippen LogP contribution >= 0.6 is 21.6 Å². The molecule has 3 aromatic rings. The number of aromatic nitrogens is 2. The van der Waals surface area contributed by atoms with E-state index in [-0.39, 0.29) is 65.8 Å².